The molecule has 0 aliphatic heterocycles. The summed E-state index contributed by atoms with van der Waals surface area (Å²) in [5.74, 6) is -1.97. The number of aliphatic hydroxyl groups is 1. The zero-order valence-electron chi connectivity index (χ0n) is 18.5. The molecule has 0 aromatic carbocycles. The van der Waals surface area contributed by atoms with Gasteiger partial charge >= 0.3 is 18.1 Å². The van der Waals surface area contributed by atoms with Gasteiger partial charge in [0, 0.05) is 23.8 Å². The zero-order chi connectivity index (χ0) is 25.1. The highest BCUT2D eigenvalue weighted by atomic mass is 32.2. The van der Waals surface area contributed by atoms with Crippen molar-refractivity contribution in [3.05, 3.63) is 48.6 Å². The van der Waals surface area contributed by atoms with Gasteiger partial charge in [-0.3, -0.25) is 9.59 Å². The van der Waals surface area contributed by atoms with Gasteiger partial charge in [-0.25, -0.2) is 0 Å². The maximum Gasteiger partial charge on any atom is 0.389 e. The summed E-state index contributed by atoms with van der Waals surface area (Å²) in [4.78, 5) is 21.5. The van der Waals surface area contributed by atoms with Crippen LogP contribution in [0, 0.1) is 0 Å². The van der Waals surface area contributed by atoms with Gasteiger partial charge in [-0.15, -0.1) is 11.8 Å². The van der Waals surface area contributed by atoms with Crippen LogP contribution in [0.2, 0.25) is 0 Å². The van der Waals surface area contributed by atoms with Crippen LogP contribution in [0.1, 0.15) is 51.4 Å². The van der Waals surface area contributed by atoms with E-state index in [0.29, 0.717) is 25.7 Å². The summed E-state index contributed by atoms with van der Waals surface area (Å²) < 4.78 is 36.1. The Kier molecular flexibility index (Phi) is 17.3. The van der Waals surface area contributed by atoms with Gasteiger partial charge in [-0.2, -0.15) is 13.2 Å². The Labute approximate surface area is 197 Å². The topological polar surface area (TPSA) is 121 Å². The number of nitrogens with two attached hydrogens (primary N) is 1. The first-order chi connectivity index (χ1) is 15.5. The fourth-order valence-electron chi connectivity index (χ4n) is 2.55. The number of thioether (sulfide) groups is 1. The molecule has 0 rings (SSSR count). The van der Waals surface area contributed by atoms with Crippen molar-refractivity contribution in [2.24, 2.45) is 5.73 Å². The number of allylic oxidation sites excluding steroid dienone is 7. The van der Waals surface area contributed by atoms with Crippen molar-refractivity contribution in [1.29, 1.82) is 0 Å². The molecule has 10 heteroatoms. The Morgan fingerprint density at radius 3 is 2.30 bits per heavy atom. The first kappa shape index (κ1) is 31.0. The first-order valence-corrected chi connectivity index (χ1v) is 11.8. The molecular weight excluding hydrogens is 459 g/mol. The van der Waals surface area contributed by atoms with Crippen LogP contribution in [0.25, 0.3) is 0 Å². The van der Waals surface area contributed by atoms with E-state index in [1.54, 1.807) is 24.3 Å². The molecule has 0 fully saturated rings. The second-order valence-corrected chi connectivity index (χ2v) is 8.57. The summed E-state index contributed by atoms with van der Waals surface area (Å²) in [6.45, 7) is 0. The minimum Gasteiger partial charge on any atom is -0.481 e. The lowest BCUT2D eigenvalue weighted by molar-refractivity contribution is -0.138. The maximum absolute atomic E-state index is 12.0. The summed E-state index contributed by atoms with van der Waals surface area (Å²) in [6, 6.07) is -1.06. The van der Waals surface area contributed by atoms with Crippen molar-refractivity contribution in [3.8, 4) is 0 Å². The lowest BCUT2D eigenvalue weighted by atomic mass is 10.1. The van der Waals surface area contributed by atoms with Crippen LogP contribution in [-0.4, -0.2) is 56.6 Å². The van der Waals surface area contributed by atoms with Crippen LogP contribution >= 0.6 is 11.8 Å². The Morgan fingerprint density at radius 2 is 1.67 bits per heavy atom. The third-order valence-electron chi connectivity index (χ3n) is 4.35. The Morgan fingerprint density at radius 1 is 0.970 bits per heavy atom. The van der Waals surface area contributed by atoms with E-state index in [0.717, 1.165) is 0 Å². The average Bonchev–Trinajstić information content (AvgIpc) is 2.71. The monoisotopic (exact) mass is 493 g/mol. The van der Waals surface area contributed by atoms with Gasteiger partial charge in [0.15, 0.2) is 0 Å². The van der Waals surface area contributed by atoms with E-state index in [2.05, 4.69) is 0 Å². The normalized spacial score (nSPS) is 15.7. The summed E-state index contributed by atoms with van der Waals surface area (Å²) in [6.07, 6.45) is 11.1. The molecule has 1 unspecified atom stereocenters. The quantitative estimate of drug-likeness (QED) is 0.122. The van der Waals surface area contributed by atoms with Gasteiger partial charge in [-0.05, 0) is 38.5 Å². The van der Waals surface area contributed by atoms with Crippen molar-refractivity contribution >= 4 is 23.7 Å². The van der Waals surface area contributed by atoms with E-state index < -0.39 is 41.9 Å². The molecule has 0 aliphatic carbocycles. The molecule has 0 amide bonds. The van der Waals surface area contributed by atoms with Crippen molar-refractivity contribution in [1.82, 2.24) is 0 Å². The maximum atomic E-state index is 12.0. The number of hydrogen-bond donors (Lipinski definition) is 4. The summed E-state index contributed by atoms with van der Waals surface area (Å²) >= 11 is 1.20. The second kappa shape index (κ2) is 18.4. The van der Waals surface area contributed by atoms with E-state index in [-0.39, 0.29) is 25.0 Å². The molecule has 0 spiro atoms. The number of carboxylic acid groups (broad SMARTS) is 2. The van der Waals surface area contributed by atoms with Crippen LogP contribution < -0.4 is 5.73 Å². The van der Waals surface area contributed by atoms with Crippen molar-refractivity contribution in [2.75, 3.05) is 5.75 Å². The molecule has 0 aromatic rings. The van der Waals surface area contributed by atoms with Crippen molar-refractivity contribution in [2.45, 2.75) is 74.9 Å². The number of hydrogen-bond acceptors (Lipinski definition) is 5. The lowest BCUT2D eigenvalue weighted by Gasteiger charge is -2.20. The van der Waals surface area contributed by atoms with Crippen LogP contribution in [0.3, 0.4) is 0 Å². The number of halogens is 3. The summed E-state index contributed by atoms with van der Waals surface area (Å²) in [5, 5.41) is 27.5. The second-order valence-electron chi connectivity index (χ2n) is 7.36. The number of aliphatic hydroxyl groups excluding tert-OH is 1. The molecule has 5 N–H and O–H groups in total. The number of carboxylic acids is 2. The first-order valence-electron chi connectivity index (χ1n) is 10.7. The highest BCUT2D eigenvalue weighted by molar-refractivity contribution is 8.00. The van der Waals surface area contributed by atoms with Crippen LogP contribution in [-0.2, 0) is 9.59 Å². The van der Waals surface area contributed by atoms with Gasteiger partial charge in [0.1, 0.15) is 6.04 Å². The van der Waals surface area contributed by atoms with E-state index in [4.69, 9.17) is 15.9 Å². The van der Waals surface area contributed by atoms with Gasteiger partial charge < -0.3 is 21.1 Å². The number of unbranched alkanes of at least 4 members (excludes halogenated alkanes) is 2. The number of carbonyl (C=O) groups is 2. The minimum atomic E-state index is -4.09. The molecule has 6 nitrogen and oxygen atoms in total. The third kappa shape index (κ3) is 20.3. The number of rotatable bonds is 18. The Bertz CT molecular complexity index is 677. The molecule has 188 valence electrons. The van der Waals surface area contributed by atoms with Gasteiger partial charge in [-0.1, -0.05) is 48.6 Å². The smallest absolute Gasteiger partial charge is 0.389 e. The molecule has 0 saturated heterocycles. The number of alkyl halides is 3. The van der Waals surface area contributed by atoms with Gasteiger partial charge in [0.25, 0.3) is 0 Å². The van der Waals surface area contributed by atoms with Crippen LogP contribution in [0.4, 0.5) is 13.2 Å². The Balaban J connectivity index is 4.43. The fraction of sp³-hybridized carbons (Fsp3) is 0.565. The molecule has 0 saturated carbocycles. The Hall–Kier alpha value is -2.04. The third-order valence-corrected chi connectivity index (χ3v) is 5.75. The highest BCUT2D eigenvalue weighted by Crippen LogP contribution is 2.23. The molecule has 3 atom stereocenters. The predicted octanol–water partition coefficient (Wildman–Crippen LogP) is 4.85. The molecule has 0 bridgehead atoms. The largest absolute Gasteiger partial charge is 0.481 e. The predicted molar refractivity (Wildman–Crippen MR) is 125 cm³/mol. The fourth-order valence-corrected chi connectivity index (χ4v) is 3.68. The van der Waals surface area contributed by atoms with E-state index in [9.17, 15) is 27.9 Å². The average molecular weight is 494 g/mol. The highest BCUT2D eigenvalue weighted by Gasteiger charge is 2.25. The molecule has 33 heavy (non-hydrogen) atoms. The molecule has 0 aliphatic rings. The molecular formula is C23H34F3NO5S. The van der Waals surface area contributed by atoms with Crippen LogP contribution in [0.15, 0.2) is 48.6 Å². The zero-order valence-corrected chi connectivity index (χ0v) is 19.3. The van der Waals surface area contributed by atoms with Gasteiger partial charge in [0.05, 0.1) is 6.10 Å². The standard InChI is InChI=1S/C23H34F3NO5S/c24-23(25,26)16-11-9-7-5-3-1-2-4-6-8-10-14-20(33-17-18(27)22(31)32)19(28)13-12-15-21(29)30/h2-6,8,10,14,18-20,28H,1,7,9,11-13,15-17,27H2,(H,29,30)(H,31,32)/b4-2-,5-3-,8-6+,14-10+/t18?,19-,20+/m0/s1. The summed E-state index contributed by atoms with van der Waals surface area (Å²) in [7, 11) is 0. The molecule has 0 aromatic heterocycles. The molecule has 0 radical (unpaired) electrons. The molecule has 0 heterocycles. The minimum absolute atomic E-state index is 0.0560. The van der Waals surface area contributed by atoms with Crippen molar-refractivity contribution < 1.29 is 38.1 Å². The van der Waals surface area contributed by atoms with Crippen LogP contribution in [0.5, 0.6) is 0 Å². The number of aliphatic carboxylic acids is 2. The SMILES string of the molecule is NC(CS[C@H](/C=C/C=C/C=C\C/C=C\CCCCC(F)(F)F)[C@@H](O)CCCC(=O)O)C(=O)O. The van der Waals surface area contributed by atoms with Gasteiger partial charge in [0.2, 0.25) is 0 Å². The lowest BCUT2D eigenvalue weighted by Crippen LogP contribution is -2.34. The van der Waals surface area contributed by atoms with E-state index >= 15 is 0 Å². The summed E-state index contributed by atoms with van der Waals surface area (Å²) in [5.41, 5.74) is 5.51. The van der Waals surface area contributed by atoms with E-state index in [1.807, 2.05) is 24.3 Å². The van der Waals surface area contributed by atoms with E-state index in [1.165, 1.54) is 11.8 Å². The van der Waals surface area contributed by atoms with Crippen molar-refractivity contribution in [3.63, 3.8) is 0 Å².